The summed E-state index contributed by atoms with van der Waals surface area (Å²) in [4.78, 5) is 24.8. The zero-order valence-corrected chi connectivity index (χ0v) is 15.0. The van der Waals surface area contributed by atoms with Gasteiger partial charge >= 0.3 is 6.09 Å². The van der Waals surface area contributed by atoms with Gasteiger partial charge < -0.3 is 10.5 Å². The Hall–Kier alpha value is -3.87. The smallest absolute Gasteiger partial charge is 0.414 e. The lowest BCUT2D eigenvalue weighted by molar-refractivity contribution is -0.383. The molecular formula is C21H19N3O4. The molecule has 0 bridgehead atoms. The zero-order chi connectivity index (χ0) is 19.9. The van der Waals surface area contributed by atoms with Gasteiger partial charge in [0.15, 0.2) is 0 Å². The molecule has 0 heterocycles. The third kappa shape index (κ3) is 4.64. The van der Waals surface area contributed by atoms with Crippen molar-refractivity contribution in [1.82, 2.24) is 0 Å². The number of hydrogen-bond acceptors (Lipinski definition) is 5. The highest BCUT2D eigenvalue weighted by molar-refractivity contribution is 5.88. The van der Waals surface area contributed by atoms with Crippen LogP contribution in [-0.4, -0.2) is 11.0 Å². The first kappa shape index (κ1) is 18.9. The molecule has 3 rings (SSSR count). The predicted molar refractivity (Wildman–Crippen MR) is 107 cm³/mol. The van der Waals surface area contributed by atoms with Crippen molar-refractivity contribution in [2.75, 3.05) is 10.6 Å². The molecule has 3 aromatic rings. The molecule has 0 unspecified atom stereocenters. The summed E-state index contributed by atoms with van der Waals surface area (Å²) in [7, 11) is 0. The molecule has 0 aliphatic rings. The molecule has 2 N–H and O–H groups in total. The van der Waals surface area contributed by atoms with Crippen LogP contribution < -0.4 is 10.6 Å². The van der Waals surface area contributed by atoms with E-state index in [1.54, 1.807) is 6.07 Å². The average Bonchev–Trinajstić information content (AvgIpc) is 2.72. The number of rotatable bonds is 6. The van der Waals surface area contributed by atoms with Gasteiger partial charge in [0.1, 0.15) is 12.3 Å². The molecule has 7 heteroatoms. The first-order valence-electron chi connectivity index (χ1n) is 8.60. The maximum absolute atomic E-state index is 12.8. The molecule has 0 spiro atoms. The lowest BCUT2D eigenvalue weighted by Gasteiger charge is -2.22. The number of nitro benzene ring substituents is 1. The van der Waals surface area contributed by atoms with Crippen LogP contribution in [0, 0.1) is 10.1 Å². The molecule has 0 saturated heterocycles. The molecule has 0 fully saturated rings. The number of nitrogens with zero attached hydrogens (tertiary/aromatic N) is 2. The van der Waals surface area contributed by atoms with Gasteiger partial charge in [-0.2, -0.15) is 0 Å². The fourth-order valence-corrected chi connectivity index (χ4v) is 2.68. The molecule has 7 nitrogen and oxygen atoms in total. The summed E-state index contributed by atoms with van der Waals surface area (Å²) in [6.07, 6.45) is -0.605. The summed E-state index contributed by atoms with van der Waals surface area (Å²) in [5.74, 6) is 0. The number of nitrogens with two attached hydrogens (primary N) is 1. The lowest BCUT2D eigenvalue weighted by atomic mass is 10.2. The number of anilines is 2. The highest BCUT2D eigenvalue weighted by Gasteiger charge is 2.22. The van der Waals surface area contributed by atoms with E-state index in [4.69, 9.17) is 10.5 Å². The van der Waals surface area contributed by atoms with Crippen molar-refractivity contribution < 1.29 is 14.5 Å². The number of nitro groups is 1. The number of amides is 1. The Labute approximate surface area is 162 Å². The molecule has 0 saturated carbocycles. The SMILES string of the molecule is Nc1ccc(N(Cc2ccccc2)C(=O)OCc2ccccc2)cc1[N+](=O)[O-]. The normalized spacial score (nSPS) is 10.3. The molecule has 142 valence electrons. The Morgan fingerprint density at radius 2 is 1.57 bits per heavy atom. The maximum atomic E-state index is 12.8. The standard InChI is InChI=1S/C21H19N3O4/c22-19-12-11-18(13-20(19)24(26)27)23(14-16-7-3-1-4-8-16)21(25)28-15-17-9-5-2-6-10-17/h1-13H,14-15,22H2. The lowest BCUT2D eigenvalue weighted by Crippen LogP contribution is -2.31. The molecule has 28 heavy (non-hydrogen) atoms. The minimum Gasteiger partial charge on any atom is -0.444 e. The van der Waals surface area contributed by atoms with Gasteiger partial charge in [0.05, 0.1) is 17.2 Å². The van der Waals surface area contributed by atoms with Crippen LogP contribution in [0.3, 0.4) is 0 Å². The van der Waals surface area contributed by atoms with Crippen molar-refractivity contribution >= 4 is 23.2 Å². The summed E-state index contributed by atoms with van der Waals surface area (Å²) in [5, 5.41) is 11.2. The number of hydrogen-bond donors (Lipinski definition) is 1. The Morgan fingerprint density at radius 1 is 0.964 bits per heavy atom. The Morgan fingerprint density at radius 3 is 2.18 bits per heavy atom. The Balaban J connectivity index is 1.87. The topological polar surface area (TPSA) is 98.7 Å². The molecule has 0 aliphatic carbocycles. The number of carbonyl (C=O) groups excluding carboxylic acids is 1. The summed E-state index contributed by atoms with van der Waals surface area (Å²) in [6, 6.07) is 22.9. The minimum absolute atomic E-state index is 0.0334. The van der Waals surface area contributed by atoms with Gasteiger partial charge in [0.25, 0.3) is 5.69 Å². The average molecular weight is 377 g/mol. The second kappa shape index (κ2) is 8.68. The van der Waals surface area contributed by atoms with Crippen molar-refractivity contribution in [2.24, 2.45) is 0 Å². The summed E-state index contributed by atoms with van der Waals surface area (Å²) < 4.78 is 5.43. The summed E-state index contributed by atoms with van der Waals surface area (Å²) >= 11 is 0. The largest absolute Gasteiger partial charge is 0.444 e. The number of ether oxygens (including phenoxy) is 1. The van der Waals surface area contributed by atoms with Gasteiger partial charge in [-0.25, -0.2) is 4.79 Å². The van der Waals surface area contributed by atoms with E-state index in [2.05, 4.69) is 0 Å². The monoisotopic (exact) mass is 377 g/mol. The third-order valence-corrected chi connectivity index (χ3v) is 4.13. The van der Waals surface area contributed by atoms with Crippen molar-refractivity contribution in [3.63, 3.8) is 0 Å². The van der Waals surface area contributed by atoms with E-state index in [0.29, 0.717) is 5.69 Å². The van der Waals surface area contributed by atoms with E-state index in [0.717, 1.165) is 11.1 Å². The van der Waals surface area contributed by atoms with Gasteiger partial charge in [0, 0.05) is 6.07 Å². The van der Waals surface area contributed by atoms with Gasteiger partial charge in [-0.1, -0.05) is 60.7 Å². The maximum Gasteiger partial charge on any atom is 0.414 e. The van der Waals surface area contributed by atoms with Gasteiger partial charge in [-0.15, -0.1) is 0 Å². The predicted octanol–water partition coefficient (Wildman–Crippen LogP) is 4.52. The highest BCUT2D eigenvalue weighted by atomic mass is 16.6. The Kier molecular flexibility index (Phi) is 5.86. The summed E-state index contributed by atoms with van der Waals surface area (Å²) in [6.45, 7) is 0.303. The molecular weight excluding hydrogens is 358 g/mol. The van der Waals surface area contributed by atoms with Crippen molar-refractivity contribution in [3.8, 4) is 0 Å². The van der Waals surface area contributed by atoms with Crippen LogP contribution in [0.2, 0.25) is 0 Å². The first-order chi connectivity index (χ1) is 13.5. The molecule has 0 aliphatic heterocycles. The molecule has 0 atom stereocenters. The number of benzene rings is 3. The van der Waals surface area contributed by atoms with Crippen LogP contribution in [0.4, 0.5) is 21.9 Å². The van der Waals surface area contributed by atoms with E-state index in [1.807, 2.05) is 60.7 Å². The third-order valence-electron chi connectivity index (χ3n) is 4.13. The van der Waals surface area contributed by atoms with E-state index in [1.165, 1.54) is 17.0 Å². The Bertz CT molecular complexity index is 962. The molecule has 0 aromatic heterocycles. The second-order valence-corrected chi connectivity index (χ2v) is 6.11. The number of carbonyl (C=O) groups is 1. The van der Waals surface area contributed by atoms with Gasteiger partial charge in [-0.3, -0.25) is 15.0 Å². The van der Waals surface area contributed by atoms with E-state index in [9.17, 15) is 14.9 Å². The molecule has 3 aromatic carbocycles. The van der Waals surface area contributed by atoms with E-state index < -0.39 is 11.0 Å². The second-order valence-electron chi connectivity index (χ2n) is 6.11. The van der Waals surface area contributed by atoms with Gasteiger partial charge in [-0.05, 0) is 23.3 Å². The summed E-state index contributed by atoms with van der Waals surface area (Å²) in [5.41, 5.74) is 7.49. The fourth-order valence-electron chi connectivity index (χ4n) is 2.68. The van der Waals surface area contributed by atoms with Crippen molar-refractivity contribution in [2.45, 2.75) is 13.2 Å². The fraction of sp³-hybridized carbons (Fsp3) is 0.0952. The molecule has 1 amide bonds. The molecule has 0 radical (unpaired) electrons. The van der Waals surface area contributed by atoms with E-state index >= 15 is 0 Å². The minimum atomic E-state index is -0.605. The van der Waals surface area contributed by atoms with Crippen LogP contribution in [-0.2, 0) is 17.9 Å². The highest BCUT2D eigenvalue weighted by Crippen LogP contribution is 2.29. The van der Waals surface area contributed by atoms with Crippen LogP contribution in [0.1, 0.15) is 11.1 Å². The zero-order valence-electron chi connectivity index (χ0n) is 15.0. The van der Waals surface area contributed by atoms with Crippen LogP contribution in [0.25, 0.3) is 0 Å². The van der Waals surface area contributed by atoms with E-state index in [-0.39, 0.29) is 24.5 Å². The van der Waals surface area contributed by atoms with Crippen LogP contribution in [0.5, 0.6) is 0 Å². The van der Waals surface area contributed by atoms with Crippen molar-refractivity contribution in [1.29, 1.82) is 0 Å². The van der Waals surface area contributed by atoms with Crippen molar-refractivity contribution in [3.05, 3.63) is 100 Å². The van der Waals surface area contributed by atoms with Gasteiger partial charge in [0.2, 0.25) is 0 Å². The first-order valence-corrected chi connectivity index (χ1v) is 8.60. The van der Waals surface area contributed by atoms with Crippen LogP contribution >= 0.6 is 0 Å². The number of nitrogen functional groups attached to an aromatic ring is 1. The quantitative estimate of drug-likeness (QED) is 0.387. The van der Waals surface area contributed by atoms with Crippen LogP contribution in [0.15, 0.2) is 78.9 Å².